The van der Waals surface area contributed by atoms with Crippen LogP contribution in [0, 0.1) is 5.41 Å². The SMILES string of the molecule is CCOC(=O)C1=CCCC2(C)C1=CC/C2=C(\C)C(=O)OCC. The Morgan fingerprint density at radius 1 is 1.18 bits per heavy atom. The van der Waals surface area contributed by atoms with Crippen LogP contribution in [0.25, 0.3) is 0 Å². The van der Waals surface area contributed by atoms with E-state index in [2.05, 4.69) is 13.0 Å². The van der Waals surface area contributed by atoms with Crippen molar-refractivity contribution >= 4 is 11.9 Å². The second-order valence-electron chi connectivity index (χ2n) is 5.85. The third-order valence-electron chi connectivity index (χ3n) is 4.58. The number of carbonyl (C=O) groups is 2. The van der Waals surface area contributed by atoms with Gasteiger partial charge in [0.2, 0.25) is 0 Å². The van der Waals surface area contributed by atoms with Crippen molar-refractivity contribution < 1.29 is 19.1 Å². The van der Waals surface area contributed by atoms with E-state index in [0.717, 1.165) is 24.0 Å². The Morgan fingerprint density at radius 3 is 2.50 bits per heavy atom. The summed E-state index contributed by atoms with van der Waals surface area (Å²) in [6.07, 6.45) is 6.40. The molecule has 0 aromatic carbocycles. The van der Waals surface area contributed by atoms with Crippen LogP contribution in [0.1, 0.15) is 47.0 Å². The number of esters is 2. The molecular formula is C18H24O4. The van der Waals surface area contributed by atoms with Gasteiger partial charge in [-0.2, -0.15) is 0 Å². The van der Waals surface area contributed by atoms with Crippen molar-refractivity contribution in [1.29, 1.82) is 0 Å². The molecule has 120 valence electrons. The third-order valence-corrected chi connectivity index (χ3v) is 4.58. The van der Waals surface area contributed by atoms with Crippen LogP contribution in [0.15, 0.2) is 34.4 Å². The molecule has 0 fully saturated rings. The van der Waals surface area contributed by atoms with Crippen molar-refractivity contribution in [3.05, 3.63) is 34.4 Å². The molecule has 2 aliphatic carbocycles. The van der Waals surface area contributed by atoms with E-state index in [0.29, 0.717) is 30.8 Å². The van der Waals surface area contributed by atoms with Gasteiger partial charge in [-0.1, -0.05) is 19.1 Å². The zero-order chi connectivity index (χ0) is 16.3. The Labute approximate surface area is 131 Å². The van der Waals surface area contributed by atoms with Crippen LogP contribution in [0.2, 0.25) is 0 Å². The highest BCUT2D eigenvalue weighted by Crippen LogP contribution is 2.53. The molecule has 4 nitrogen and oxygen atoms in total. The average Bonchev–Trinajstić information content (AvgIpc) is 2.83. The molecule has 0 saturated heterocycles. The first-order valence-corrected chi connectivity index (χ1v) is 7.91. The van der Waals surface area contributed by atoms with Crippen LogP contribution in [-0.2, 0) is 19.1 Å². The molecule has 0 amide bonds. The Kier molecular flexibility index (Phi) is 4.89. The minimum atomic E-state index is -0.270. The highest BCUT2D eigenvalue weighted by molar-refractivity contribution is 5.96. The number of hydrogen-bond acceptors (Lipinski definition) is 4. The highest BCUT2D eigenvalue weighted by atomic mass is 16.5. The smallest absolute Gasteiger partial charge is 0.338 e. The minimum Gasteiger partial charge on any atom is -0.463 e. The van der Waals surface area contributed by atoms with Gasteiger partial charge in [0.05, 0.1) is 18.8 Å². The summed E-state index contributed by atoms with van der Waals surface area (Å²) in [6, 6.07) is 0. The molecule has 4 heteroatoms. The molecule has 0 aromatic heterocycles. The predicted molar refractivity (Wildman–Crippen MR) is 84.1 cm³/mol. The fourth-order valence-corrected chi connectivity index (χ4v) is 3.46. The van der Waals surface area contributed by atoms with E-state index < -0.39 is 0 Å². The van der Waals surface area contributed by atoms with Crippen LogP contribution in [0.4, 0.5) is 0 Å². The molecule has 0 bridgehead atoms. The normalized spacial score (nSPS) is 25.8. The lowest BCUT2D eigenvalue weighted by atomic mass is 9.69. The number of ether oxygens (including phenoxy) is 2. The largest absolute Gasteiger partial charge is 0.463 e. The number of fused-ring (bicyclic) bond motifs is 1. The van der Waals surface area contributed by atoms with Gasteiger partial charge in [-0.15, -0.1) is 0 Å². The Hall–Kier alpha value is -1.84. The molecule has 0 aromatic rings. The summed E-state index contributed by atoms with van der Waals surface area (Å²) in [5, 5.41) is 0. The van der Waals surface area contributed by atoms with E-state index in [4.69, 9.17) is 9.47 Å². The lowest BCUT2D eigenvalue weighted by molar-refractivity contribution is -0.139. The Morgan fingerprint density at radius 2 is 1.86 bits per heavy atom. The van der Waals surface area contributed by atoms with Crippen molar-refractivity contribution in [2.75, 3.05) is 13.2 Å². The molecule has 0 spiro atoms. The van der Waals surface area contributed by atoms with E-state index >= 15 is 0 Å². The van der Waals surface area contributed by atoms with E-state index in [1.54, 1.807) is 13.8 Å². The predicted octanol–water partition coefficient (Wildman–Crippen LogP) is 3.49. The summed E-state index contributed by atoms with van der Waals surface area (Å²) in [4.78, 5) is 24.2. The Balaban J connectivity index is 2.35. The molecule has 0 aliphatic heterocycles. The quantitative estimate of drug-likeness (QED) is 0.589. The molecule has 2 aliphatic rings. The van der Waals surface area contributed by atoms with Gasteiger partial charge in [-0.25, -0.2) is 9.59 Å². The van der Waals surface area contributed by atoms with Crippen molar-refractivity contribution in [2.45, 2.75) is 47.0 Å². The van der Waals surface area contributed by atoms with E-state index in [1.165, 1.54) is 0 Å². The van der Waals surface area contributed by atoms with Crippen LogP contribution < -0.4 is 0 Å². The highest BCUT2D eigenvalue weighted by Gasteiger charge is 2.43. The fraction of sp³-hybridized carbons (Fsp3) is 0.556. The molecular weight excluding hydrogens is 280 g/mol. The molecule has 0 heterocycles. The van der Waals surface area contributed by atoms with E-state index in [1.807, 2.05) is 13.0 Å². The molecule has 2 rings (SSSR count). The summed E-state index contributed by atoms with van der Waals surface area (Å²) in [7, 11) is 0. The second kappa shape index (κ2) is 6.51. The topological polar surface area (TPSA) is 52.6 Å². The van der Waals surface area contributed by atoms with Gasteiger partial charge in [0.25, 0.3) is 0 Å². The third kappa shape index (κ3) is 2.74. The van der Waals surface area contributed by atoms with E-state index in [9.17, 15) is 9.59 Å². The van der Waals surface area contributed by atoms with E-state index in [-0.39, 0.29) is 17.4 Å². The van der Waals surface area contributed by atoms with Gasteiger partial charge in [0.1, 0.15) is 0 Å². The average molecular weight is 304 g/mol. The maximum absolute atomic E-state index is 12.2. The van der Waals surface area contributed by atoms with Gasteiger partial charge in [0.15, 0.2) is 0 Å². The number of allylic oxidation sites excluding steroid dienone is 3. The van der Waals surface area contributed by atoms with Gasteiger partial charge in [-0.3, -0.25) is 0 Å². The summed E-state index contributed by atoms with van der Waals surface area (Å²) >= 11 is 0. The summed E-state index contributed by atoms with van der Waals surface area (Å²) < 4.78 is 10.3. The van der Waals surface area contributed by atoms with Crippen molar-refractivity contribution in [2.24, 2.45) is 5.41 Å². The van der Waals surface area contributed by atoms with Crippen LogP contribution in [0.3, 0.4) is 0 Å². The first kappa shape index (κ1) is 16.5. The van der Waals surface area contributed by atoms with Crippen molar-refractivity contribution in [3.8, 4) is 0 Å². The van der Waals surface area contributed by atoms with Crippen molar-refractivity contribution in [3.63, 3.8) is 0 Å². The molecule has 22 heavy (non-hydrogen) atoms. The molecule has 0 saturated carbocycles. The molecule has 0 N–H and O–H groups in total. The first-order valence-electron chi connectivity index (χ1n) is 7.91. The second-order valence-corrected chi connectivity index (χ2v) is 5.85. The first-order chi connectivity index (χ1) is 10.5. The van der Waals surface area contributed by atoms with Gasteiger partial charge < -0.3 is 9.47 Å². The lowest BCUT2D eigenvalue weighted by Crippen LogP contribution is -2.27. The number of hydrogen-bond donors (Lipinski definition) is 0. The Bertz CT molecular complexity index is 580. The number of rotatable bonds is 4. The monoisotopic (exact) mass is 304 g/mol. The van der Waals surface area contributed by atoms with Gasteiger partial charge >= 0.3 is 11.9 Å². The summed E-state index contributed by atoms with van der Waals surface area (Å²) in [6.45, 7) is 8.27. The van der Waals surface area contributed by atoms with Gasteiger partial charge in [-0.05, 0) is 51.2 Å². The molecule has 1 unspecified atom stereocenters. The molecule has 1 atom stereocenters. The minimum absolute atomic E-state index is 0.263. The zero-order valence-electron chi connectivity index (χ0n) is 13.8. The fourth-order valence-electron chi connectivity index (χ4n) is 3.46. The summed E-state index contributed by atoms with van der Waals surface area (Å²) in [5.41, 5.74) is 3.11. The van der Waals surface area contributed by atoms with Crippen LogP contribution >= 0.6 is 0 Å². The lowest BCUT2D eigenvalue weighted by Gasteiger charge is -2.34. The standard InChI is InChI=1S/C18H24O4/c1-5-21-16(19)12(3)14-9-10-15-13(17(20)22-6-2)8-7-11-18(14,15)4/h8,10H,5-7,9,11H2,1-4H3/b14-12-. The van der Waals surface area contributed by atoms with Crippen LogP contribution in [-0.4, -0.2) is 25.2 Å². The number of carbonyl (C=O) groups excluding carboxylic acids is 2. The zero-order valence-corrected chi connectivity index (χ0v) is 13.8. The van der Waals surface area contributed by atoms with Gasteiger partial charge in [0, 0.05) is 11.0 Å². The molecule has 0 radical (unpaired) electrons. The van der Waals surface area contributed by atoms with Crippen molar-refractivity contribution in [1.82, 2.24) is 0 Å². The summed E-state index contributed by atoms with van der Waals surface area (Å²) in [5.74, 6) is -0.532. The maximum Gasteiger partial charge on any atom is 0.338 e. The van der Waals surface area contributed by atoms with Crippen LogP contribution in [0.5, 0.6) is 0 Å². The maximum atomic E-state index is 12.2.